The van der Waals surface area contributed by atoms with Crippen molar-refractivity contribution in [3.63, 3.8) is 0 Å². The number of hydrogen-bond acceptors (Lipinski definition) is 5. The van der Waals surface area contributed by atoms with E-state index in [0.29, 0.717) is 36.7 Å². The smallest absolute Gasteiger partial charge is 0.264 e. The first-order valence-corrected chi connectivity index (χ1v) is 13.7. The Balaban J connectivity index is 1.43. The number of rotatable bonds is 5. The Morgan fingerprint density at radius 1 is 1.18 bits per heavy atom. The van der Waals surface area contributed by atoms with E-state index in [-0.39, 0.29) is 11.5 Å². The summed E-state index contributed by atoms with van der Waals surface area (Å²) in [5.41, 5.74) is 5.33. The van der Waals surface area contributed by atoms with Gasteiger partial charge >= 0.3 is 0 Å². The van der Waals surface area contributed by atoms with Gasteiger partial charge in [-0.2, -0.15) is 10.2 Å². The van der Waals surface area contributed by atoms with Gasteiger partial charge < -0.3 is 15.1 Å². The summed E-state index contributed by atoms with van der Waals surface area (Å²) in [6.07, 6.45) is 5.53. The third-order valence-electron chi connectivity index (χ3n) is 8.32. The molecule has 6 rings (SSSR count). The lowest BCUT2D eigenvalue weighted by atomic mass is 9.92. The first kappa shape index (κ1) is 25.0. The summed E-state index contributed by atoms with van der Waals surface area (Å²) < 4.78 is 32.6. The molecule has 3 aromatic rings. The fourth-order valence-electron chi connectivity index (χ4n) is 6.28. The molecule has 5 heterocycles. The average Bonchev–Trinajstić information content (AvgIpc) is 3.51. The molecule has 3 aliphatic heterocycles. The molecule has 1 saturated heterocycles. The number of nitrogens with zero attached hydrogens (tertiary/aromatic N) is 6. The van der Waals surface area contributed by atoms with Gasteiger partial charge in [0.05, 0.1) is 12.7 Å². The first-order chi connectivity index (χ1) is 18.4. The number of fused-ring (bicyclic) bond motifs is 2. The van der Waals surface area contributed by atoms with Crippen LogP contribution in [-0.4, -0.2) is 56.5 Å². The number of alkyl halides is 2. The normalized spacial score (nSPS) is 18.1. The third-order valence-corrected chi connectivity index (χ3v) is 8.32. The highest BCUT2D eigenvalue weighted by molar-refractivity contribution is 5.78. The second kappa shape index (κ2) is 10.1. The van der Waals surface area contributed by atoms with E-state index in [1.807, 2.05) is 11.0 Å². The van der Waals surface area contributed by atoms with E-state index in [4.69, 9.17) is 5.10 Å². The van der Waals surface area contributed by atoms with Gasteiger partial charge in [-0.15, -0.1) is 0 Å². The lowest BCUT2D eigenvalue weighted by Gasteiger charge is -2.33. The first-order valence-electron chi connectivity index (χ1n) is 13.7. The van der Waals surface area contributed by atoms with Crippen molar-refractivity contribution in [3.05, 3.63) is 46.9 Å². The molecule has 38 heavy (non-hydrogen) atoms. The van der Waals surface area contributed by atoms with Crippen LogP contribution in [0.3, 0.4) is 0 Å². The van der Waals surface area contributed by atoms with Crippen LogP contribution in [0.25, 0.3) is 11.1 Å². The van der Waals surface area contributed by atoms with E-state index in [1.54, 1.807) is 37.1 Å². The summed E-state index contributed by atoms with van der Waals surface area (Å²) in [5, 5.41) is 12.8. The molecule has 0 saturated carbocycles. The predicted molar refractivity (Wildman–Crippen MR) is 142 cm³/mol. The summed E-state index contributed by atoms with van der Waals surface area (Å²) >= 11 is 0. The van der Waals surface area contributed by atoms with Crippen molar-refractivity contribution in [2.24, 2.45) is 13.0 Å². The molecule has 1 fully saturated rings. The molecule has 1 aromatic carbocycles. The van der Waals surface area contributed by atoms with Gasteiger partial charge in [-0.3, -0.25) is 14.2 Å². The van der Waals surface area contributed by atoms with Crippen molar-refractivity contribution in [2.45, 2.75) is 58.5 Å². The fraction of sp³-hybridized carbons (Fsp3) is 0.536. The zero-order valence-electron chi connectivity index (χ0n) is 22.1. The standard InChI is InChI=1S/C28H35F2N7O/c1-18(38)35-11-7-25-24(17-35)28(33-37(25)15-19-5-8-31-9-6-19)36-10-3-4-20-12-22(21-14-32-34(2)16-21)23(27(29)30)13-26(20)36/h12-14,16,19,27,31H,3-11,15,17H2,1-2H3. The highest BCUT2D eigenvalue weighted by atomic mass is 19.3. The van der Waals surface area contributed by atoms with Crippen molar-refractivity contribution in [3.8, 4) is 11.1 Å². The number of carbonyl (C=O) groups excluding carboxylic acids is 1. The van der Waals surface area contributed by atoms with Crippen LogP contribution in [0.2, 0.25) is 0 Å². The second-order valence-electron chi connectivity index (χ2n) is 10.8. The Morgan fingerprint density at radius 2 is 2.00 bits per heavy atom. The number of nitrogens with one attached hydrogen (secondary N) is 1. The van der Waals surface area contributed by atoms with Crippen LogP contribution in [-0.2, 0) is 37.8 Å². The Bertz CT molecular complexity index is 1340. The van der Waals surface area contributed by atoms with Crippen LogP contribution in [0.15, 0.2) is 24.5 Å². The third kappa shape index (κ3) is 4.59. The maximum atomic E-state index is 14.4. The molecule has 0 radical (unpaired) electrons. The van der Waals surface area contributed by atoms with Crippen molar-refractivity contribution in [1.29, 1.82) is 0 Å². The van der Waals surface area contributed by atoms with E-state index in [0.717, 1.165) is 74.4 Å². The van der Waals surface area contributed by atoms with Crippen molar-refractivity contribution < 1.29 is 13.6 Å². The van der Waals surface area contributed by atoms with E-state index < -0.39 is 6.43 Å². The molecular weight excluding hydrogens is 488 g/mol. The molecule has 0 bridgehead atoms. The lowest BCUT2D eigenvalue weighted by molar-refractivity contribution is -0.129. The molecule has 0 atom stereocenters. The van der Waals surface area contributed by atoms with Crippen LogP contribution in [0.1, 0.15) is 55.0 Å². The van der Waals surface area contributed by atoms with E-state index in [2.05, 4.69) is 20.0 Å². The number of benzene rings is 1. The zero-order chi connectivity index (χ0) is 26.4. The molecule has 2 aromatic heterocycles. The lowest BCUT2D eigenvalue weighted by Crippen LogP contribution is -2.36. The number of hydrogen-bond donors (Lipinski definition) is 1. The highest BCUT2D eigenvalue weighted by Gasteiger charge is 2.33. The maximum Gasteiger partial charge on any atom is 0.264 e. The van der Waals surface area contributed by atoms with Gasteiger partial charge in [0, 0.05) is 74.3 Å². The van der Waals surface area contributed by atoms with Crippen molar-refractivity contribution >= 4 is 17.4 Å². The van der Waals surface area contributed by atoms with Gasteiger partial charge in [0.2, 0.25) is 5.91 Å². The maximum absolute atomic E-state index is 14.4. The molecule has 8 nitrogen and oxygen atoms in total. The number of halogens is 2. The monoisotopic (exact) mass is 523 g/mol. The average molecular weight is 524 g/mol. The minimum atomic E-state index is -2.61. The van der Waals surface area contributed by atoms with Crippen LogP contribution < -0.4 is 10.2 Å². The molecule has 10 heteroatoms. The van der Waals surface area contributed by atoms with Gasteiger partial charge in [0.1, 0.15) is 0 Å². The van der Waals surface area contributed by atoms with Crippen LogP contribution in [0.5, 0.6) is 0 Å². The van der Waals surface area contributed by atoms with Gasteiger partial charge in [0.15, 0.2) is 5.82 Å². The Kier molecular flexibility index (Phi) is 6.67. The molecule has 1 amide bonds. The van der Waals surface area contributed by atoms with Gasteiger partial charge in [-0.25, -0.2) is 8.78 Å². The summed E-state index contributed by atoms with van der Waals surface area (Å²) in [5.74, 6) is 1.42. The number of anilines is 2. The van der Waals surface area contributed by atoms with E-state index >= 15 is 0 Å². The van der Waals surface area contributed by atoms with Gasteiger partial charge in [-0.05, 0) is 68.0 Å². The quantitative estimate of drug-likeness (QED) is 0.543. The minimum Gasteiger partial charge on any atom is -0.338 e. The number of piperidine rings is 1. The zero-order valence-corrected chi connectivity index (χ0v) is 22.1. The molecule has 202 valence electrons. The number of aromatic nitrogens is 4. The number of amides is 1. The molecule has 1 N–H and O–H groups in total. The minimum absolute atomic E-state index is 0.0111. The molecule has 0 spiro atoms. The summed E-state index contributed by atoms with van der Waals surface area (Å²) in [7, 11) is 1.79. The topological polar surface area (TPSA) is 71.2 Å². The molecule has 0 aliphatic carbocycles. The number of aryl methyl sites for hydroxylation is 2. The molecular formula is C28H35F2N7O. The molecule has 0 unspecified atom stereocenters. The van der Waals surface area contributed by atoms with Gasteiger partial charge in [0.25, 0.3) is 6.43 Å². The van der Waals surface area contributed by atoms with Crippen LogP contribution >= 0.6 is 0 Å². The van der Waals surface area contributed by atoms with E-state index in [1.165, 1.54) is 5.69 Å². The van der Waals surface area contributed by atoms with Crippen LogP contribution in [0.4, 0.5) is 20.3 Å². The predicted octanol–water partition coefficient (Wildman–Crippen LogP) is 4.21. The SMILES string of the molecule is CC(=O)N1CCc2c(c(N3CCCc4cc(-c5cnn(C)c5)c(C(F)F)cc43)nn2CC2CCNCC2)C1. The molecule has 3 aliphatic rings. The summed E-state index contributed by atoms with van der Waals surface area (Å²) in [6, 6.07) is 3.58. The number of carbonyl (C=O) groups is 1. The van der Waals surface area contributed by atoms with Crippen molar-refractivity contribution in [1.82, 2.24) is 29.8 Å². The van der Waals surface area contributed by atoms with Crippen LogP contribution in [0, 0.1) is 5.92 Å². The van der Waals surface area contributed by atoms with Gasteiger partial charge in [-0.1, -0.05) is 0 Å². The summed E-state index contributed by atoms with van der Waals surface area (Å²) in [4.78, 5) is 16.3. The van der Waals surface area contributed by atoms with Crippen molar-refractivity contribution in [2.75, 3.05) is 31.1 Å². The highest BCUT2D eigenvalue weighted by Crippen LogP contribution is 2.43. The fourth-order valence-corrected chi connectivity index (χ4v) is 6.28. The Hall–Kier alpha value is -3.27. The Labute approximate surface area is 221 Å². The largest absolute Gasteiger partial charge is 0.338 e. The Morgan fingerprint density at radius 3 is 2.71 bits per heavy atom. The second-order valence-corrected chi connectivity index (χ2v) is 10.8. The summed E-state index contributed by atoms with van der Waals surface area (Å²) in [6.45, 7) is 6.40. The van der Waals surface area contributed by atoms with E-state index in [9.17, 15) is 13.6 Å².